The molecule has 6 heteroatoms. The number of aliphatic hydroxyl groups is 2. The van der Waals surface area contributed by atoms with E-state index in [-0.39, 0.29) is 13.2 Å². The minimum Gasteiger partial charge on any atom is -0.396 e. The molecule has 0 radical (unpaired) electrons. The molecule has 2 heterocycles. The molecule has 3 rings (SSSR count). The Hall–Kier alpha value is -2.57. The van der Waals surface area contributed by atoms with Gasteiger partial charge in [0.15, 0.2) is 5.82 Å². The number of nitrogens with zero attached hydrogens (tertiary/aromatic N) is 4. The van der Waals surface area contributed by atoms with Gasteiger partial charge in [0.05, 0.1) is 18.7 Å². The summed E-state index contributed by atoms with van der Waals surface area (Å²) in [7, 11) is 1.91. The molecular weight excluding hydrogens is 316 g/mol. The first-order valence-corrected chi connectivity index (χ1v) is 8.16. The number of aromatic nitrogens is 3. The predicted octanol–water partition coefficient (Wildman–Crippen LogP) is 2.12. The lowest BCUT2D eigenvalue weighted by molar-refractivity contribution is 0.0762. The fraction of sp³-hybridized carbons (Fsp3) is 0.316. The summed E-state index contributed by atoms with van der Waals surface area (Å²) in [4.78, 5) is 15.5. The number of anilines is 1. The first kappa shape index (κ1) is 17.3. The van der Waals surface area contributed by atoms with Gasteiger partial charge in [-0.25, -0.2) is 9.97 Å². The fourth-order valence-electron chi connectivity index (χ4n) is 2.77. The third-order valence-electron chi connectivity index (χ3n) is 4.25. The van der Waals surface area contributed by atoms with Crippen LogP contribution in [0.5, 0.6) is 0 Å². The van der Waals surface area contributed by atoms with Gasteiger partial charge in [-0.05, 0) is 24.3 Å². The van der Waals surface area contributed by atoms with Gasteiger partial charge in [-0.2, -0.15) is 0 Å². The van der Waals surface area contributed by atoms with Crippen molar-refractivity contribution in [2.75, 3.05) is 31.7 Å². The monoisotopic (exact) mass is 338 g/mol. The molecule has 0 aliphatic carbocycles. The van der Waals surface area contributed by atoms with Gasteiger partial charge in [0.2, 0.25) is 0 Å². The summed E-state index contributed by atoms with van der Waals surface area (Å²) >= 11 is 0. The average molecular weight is 338 g/mol. The lowest BCUT2D eigenvalue weighted by Crippen LogP contribution is -2.39. The zero-order chi connectivity index (χ0) is 17.9. The summed E-state index contributed by atoms with van der Waals surface area (Å²) in [5, 5.41) is 20.1. The Morgan fingerprint density at radius 1 is 1.04 bits per heavy atom. The van der Waals surface area contributed by atoms with Gasteiger partial charge in [-0.3, -0.25) is 4.98 Å². The highest BCUT2D eigenvalue weighted by atomic mass is 16.3. The fourth-order valence-corrected chi connectivity index (χ4v) is 2.77. The molecule has 0 fully saturated rings. The van der Waals surface area contributed by atoms with Crippen LogP contribution < -0.4 is 4.90 Å². The van der Waals surface area contributed by atoms with Gasteiger partial charge < -0.3 is 15.1 Å². The van der Waals surface area contributed by atoms with E-state index in [1.54, 1.807) is 12.4 Å². The predicted molar refractivity (Wildman–Crippen MR) is 98.3 cm³/mol. The van der Waals surface area contributed by atoms with E-state index in [9.17, 15) is 10.2 Å². The Kier molecular flexibility index (Phi) is 4.92. The molecule has 0 saturated carbocycles. The van der Waals surface area contributed by atoms with Crippen molar-refractivity contribution in [3.8, 4) is 11.4 Å². The zero-order valence-corrected chi connectivity index (χ0v) is 14.4. The first-order chi connectivity index (χ1) is 12.1. The molecule has 2 aromatic heterocycles. The zero-order valence-electron chi connectivity index (χ0n) is 14.4. The van der Waals surface area contributed by atoms with E-state index in [0.29, 0.717) is 12.4 Å². The number of rotatable bonds is 6. The van der Waals surface area contributed by atoms with Crippen molar-refractivity contribution >= 4 is 16.7 Å². The van der Waals surface area contributed by atoms with Crippen LogP contribution in [-0.2, 0) is 0 Å². The second-order valence-corrected chi connectivity index (χ2v) is 6.61. The molecule has 0 unspecified atom stereocenters. The maximum Gasteiger partial charge on any atom is 0.163 e. The van der Waals surface area contributed by atoms with Crippen molar-refractivity contribution in [2.24, 2.45) is 5.41 Å². The molecule has 0 atom stereocenters. The van der Waals surface area contributed by atoms with Crippen molar-refractivity contribution in [1.82, 2.24) is 15.0 Å². The van der Waals surface area contributed by atoms with E-state index in [1.807, 2.05) is 55.3 Å². The lowest BCUT2D eigenvalue weighted by atomic mass is 9.92. The van der Waals surface area contributed by atoms with Gasteiger partial charge in [0, 0.05) is 42.4 Å². The highest BCUT2D eigenvalue weighted by Gasteiger charge is 2.26. The van der Waals surface area contributed by atoms with Crippen LogP contribution in [0.2, 0.25) is 0 Å². The molecule has 0 amide bonds. The first-order valence-electron chi connectivity index (χ1n) is 8.16. The summed E-state index contributed by atoms with van der Waals surface area (Å²) in [6.45, 7) is 2.10. The maximum atomic E-state index is 9.60. The quantitative estimate of drug-likeness (QED) is 0.716. The summed E-state index contributed by atoms with van der Waals surface area (Å²) in [6.07, 6.45) is 3.45. The van der Waals surface area contributed by atoms with Crippen LogP contribution >= 0.6 is 0 Å². The molecule has 0 saturated heterocycles. The van der Waals surface area contributed by atoms with Gasteiger partial charge in [-0.15, -0.1) is 0 Å². The standard InChI is InChI=1S/C19H22N4O2/c1-19(12-24,13-25)11-23(2)18-15-7-3-4-8-16(15)21-17(22-18)14-6-5-9-20-10-14/h3-10,24-25H,11-13H2,1-2H3. The number of hydrogen-bond donors (Lipinski definition) is 2. The third-order valence-corrected chi connectivity index (χ3v) is 4.25. The van der Waals surface area contributed by atoms with Crippen LogP contribution in [0.4, 0.5) is 5.82 Å². The summed E-state index contributed by atoms with van der Waals surface area (Å²) < 4.78 is 0. The molecule has 1 aromatic carbocycles. The number of pyridine rings is 1. The van der Waals surface area contributed by atoms with Gasteiger partial charge >= 0.3 is 0 Å². The minimum atomic E-state index is -0.616. The van der Waals surface area contributed by atoms with E-state index in [1.165, 1.54) is 0 Å². The van der Waals surface area contributed by atoms with Gasteiger partial charge in [0.25, 0.3) is 0 Å². The number of benzene rings is 1. The van der Waals surface area contributed by atoms with Crippen LogP contribution in [0.25, 0.3) is 22.3 Å². The Labute approximate surface area is 146 Å². The number of fused-ring (bicyclic) bond motifs is 1. The van der Waals surface area contributed by atoms with Crippen LogP contribution in [-0.4, -0.2) is 52.0 Å². The SMILES string of the molecule is CN(CC(C)(CO)CO)c1nc(-c2cccnc2)nc2ccccc12. The maximum absolute atomic E-state index is 9.60. The molecule has 3 aromatic rings. The van der Waals surface area contributed by atoms with Crippen LogP contribution in [0.1, 0.15) is 6.92 Å². The molecule has 0 bridgehead atoms. The van der Waals surface area contributed by atoms with Crippen molar-refractivity contribution in [1.29, 1.82) is 0 Å². The van der Waals surface area contributed by atoms with Crippen LogP contribution in [0.3, 0.4) is 0 Å². The van der Waals surface area contributed by atoms with E-state index in [2.05, 4.69) is 9.97 Å². The van der Waals surface area contributed by atoms with E-state index >= 15 is 0 Å². The highest BCUT2D eigenvalue weighted by molar-refractivity contribution is 5.90. The Morgan fingerprint density at radius 2 is 1.80 bits per heavy atom. The molecule has 6 nitrogen and oxygen atoms in total. The van der Waals surface area contributed by atoms with Gasteiger partial charge in [0.1, 0.15) is 5.82 Å². The second kappa shape index (κ2) is 7.13. The normalized spacial score (nSPS) is 11.7. The number of aliphatic hydroxyl groups excluding tert-OH is 2. The van der Waals surface area contributed by atoms with Gasteiger partial charge in [-0.1, -0.05) is 19.1 Å². The Balaban J connectivity index is 2.10. The third kappa shape index (κ3) is 3.60. The average Bonchev–Trinajstić information content (AvgIpc) is 2.67. The number of para-hydroxylation sites is 1. The molecule has 25 heavy (non-hydrogen) atoms. The topological polar surface area (TPSA) is 82.4 Å². The van der Waals surface area contributed by atoms with Crippen molar-refractivity contribution in [3.05, 3.63) is 48.8 Å². The molecular formula is C19H22N4O2. The van der Waals surface area contributed by atoms with E-state index < -0.39 is 5.41 Å². The Morgan fingerprint density at radius 3 is 2.48 bits per heavy atom. The largest absolute Gasteiger partial charge is 0.396 e. The summed E-state index contributed by atoms with van der Waals surface area (Å²) in [5.74, 6) is 1.36. The summed E-state index contributed by atoms with van der Waals surface area (Å²) in [6, 6.07) is 11.6. The smallest absolute Gasteiger partial charge is 0.163 e. The van der Waals surface area contributed by atoms with E-state index in [4.69, 9.17) is 4.98 Å². The number of hydrogen-bond acceptors (Lipinski definition) is 6. The Bertz CT molecular complexity index is 850. The molecule has 0 aliphatic heterocycles. The second-order valence-electron chi connectivity index (χ2n) is 6.61. The van der Waals surface area contributed by atoms with E-state index in [0.717, 1.165) is 22.3 Å². The molecule has 0 spiro atoms. The highest BCUT2D eigenvalue weighted by Crippen LogP contribution is 2.28. The minimum absolute atomic E-state index is 0.105. The van der Waals surface area contributed by atoms with Crippen LogP contribution in [0, 0.1) is 5.41 Å². The van der Waals surface area contributed by atoms with Crippen LogP contribution in [0.15, 0.2) is 48.8 Å². The molecule has 130 valence electrons. The van der Waals surface area contributed by atoms with Crippen molar-refractivity contribution < 1.29 is 10.2 Å². The molecule has 0 aliphatic rings. The molecule has 2 N–H and O–H groups in total. The summed E-state index contributed by atoms with van der Waals surface area (Å²) in [5.41, 5.74) is 1.07. The lowest BCUT2D eigenvalue weighted by Gasteiger charge is -2.31. The van der Waals surface area contributed by atoms with Crippen molar-refractivity contribution in [2.45, 2.75) is 6.92 Å². The van der Waals surface area contributed by atoms with Crippen molar-refractivity contribution in [3.63, 3.8) is 0 Å².